The minimum absolute atomic E-state index is 0.143. The van der Waals surface area contributed by atoms with Crippen LogP contribution in [-0.4, -0.2) is 29.2 Å². The highest BCUT2D eigenvalue weighted by atomic mass is 79.9. The molecule has 0 saturated carbocycles. The van der Waals surface area contributed by atoms with E-state index in [2.05, 4.69) is 26.6 Å². The number of nitrogens with one attached hydrogen (secondary N) is 2. The maximum absolute atomic E-state index is 11.7. The fourth-order valence-electron chi connectivity index (χ4n) is 1.12. The average molecular weight is 307 g/mol. The van der Waals surface area contributed by atoms with Gasteiger partial charge in [-0.2, -0.15) is 0 Å². The molecule has 0 aromatic heterocycles. The van der Waals surface area contributed by atoms with E-state index in [1.165, 1.54) is 0 Å². The number of halogens is 1. The zero-order chi connectivity index (χ0) is 13.6. The Balaban J connectivity index is 4.11. The second-order valence-electron chi connectivity index (χ2n) is 5.02. The molecule has 0 radical (unpaired) electrons. The van der Waals surface area contributed by atoms with Gasteiger partial charge in [-0.05, 0) is 18.8 Å². The Morgan fingerprint density at radius 1 is 1.06 bits per heavy atom. The monoisotopic (exact) mass is 306 g/mol. The third-order valence-corrected chi connectivity index (χ3v) is 3.75. The molecule has 2 unspecified atom stereocenters. The second kappa shape index (κ2) is 7.69. The highest BCUT2D eigenvalue weighted by Crippen LogP contribution is 2.11. The van der Waals surface area contributed by atoms with Gasteiger partial charge >= 0.3 is 0 Å². The van der Waals surface area contributed by atoms with Gasteiger partial charge in [-0.3, -0.25) is 9.59 Å². The van der Waals surface area contributed by atoms with Gasteiger partial charge in [-0.15, -0.1) is 0 Å². The molecule has 0 aromatic rings. The molecule has 0 fully saturated rings. The molecule has 0 aromatic carbocycles. The molecule has 17 heavy (non-hydrogen) atoms. The first-order chi connectivity index (χ1) is 7.75. The van der Waals surface area contributed by atoms with E-state index in [9.17, 15) is 9.59 Å². The van der Waals surface area contributed by atoms with Gasteiger partial charge in [0.2, 0.25) is 11.8 Å². The van der Waals surface area contributed by atoms with Crippen molar-refractivity contribution in [1.82, 2.24) is 10.6 Å². The Morgan fingerprint density at radius 2 is 1.59 bits per heavy atom. The number of hydrogen-bond donors (Lipinski definition) is 2. The Bertz CT molecular complexity index is 267. The number of carbonyl (C=O) groups excluding carboxylic acids is 2. The molecule has 0 aliphatic heterocycles. The predicted octanol–water partition coefficient (Wildman–Crippen LogP) is 1.68. The lowest BCUT2D eigenvalue weighted by Crippen LogP contribution is -2.48. The Kier molecular flexibility index (Phi) is 7.43. The van der Waals surface area contributed by atoms with Crippen molar-refractivity contribution in [3.8, 4) is 0 Å². The summed E-state index contributed by atoms with van der Waals surface area (Å²) < 4.78 is 0. The summed E-state index contributed by atoms with van der Waals surface area (Å²) >= 11 is 3.30. The molecule has 0 saturated heterocycles. The van der Waals surface area contributed by atoms with Crippen LogP contribution >= 0.6 is 15.9 Å². The molecule has 4 nitrogen and oxygen atoms in total. The first-order valence-corrected chi connectivity index (χ1v) is 6.89. The first-order valence-electron chi connectivity index (χ1n) is 5.97. The summed E-state index contributed by atoms with van der Waals surface area (Å²) in [5.41, 5.74) is 0. The molecule has 2 N–H and O–H groups in total. The Labute approximate surface area is 112 Å². The first kappa shape index (κ1) is 16.4. The van der Waals surface area contributed by atoms with E-state index in [0.717, 1.165) is 0 Å². The standard InChI is InChI=1S/C12H23BrN2O2/c1-7(2)6-14-11(16)9(5)15-12(17)10(13)8(3)4/h7-10H,6H2,1-5H3,(H,14,16)(H,15,17). The van der Waals surface area contributed by atoms with E-state index in [-0.39, 0.29) is 22.6 Å². The van der Waals surface area contributed by atoms with Crippen molar-refractivity contribution in [3.05, 3.63) is 0 Å². The van der Waals surface area contributed by atoms with E-state index in [1.807, 2.05) is 27.7 Å². The summed E-state index contributed by atoms with van der Waals surface area (Å²) in [6.45, 7) is 10.3. The van der Waals surface area contributed by atoms with Gasteiger partial charge in [0, 0.05) is 6.54 Å². The van der Waals surface area contributed by atoms with Crippen molar-refractivity contribution >= 4 is 27.7 Å². The zero-order valence-corrected chi connectivity index (χ0v) is 12.8. The van der Waals surface area contributed by atoms with Crippen LogP contribution in [-0.2, 0) is 9.59 Å². The maximum Gasteiger partial charge on any atom is 0.242 e. The smallest absolute Gasteiger partial charge is 0.242 e. The largest absolute Gasteiger partial charge is 0.354 e. The van der Waals surface area contributed by atoms with Crippen LogP contribution in [0.1, 0.15) is 34.6 Å². The lowest BCUT2D eigenvalue weighted by atomic mass is 10.1. The molecule has 0 aliphatic carbocycles. The van der Waals surface area contributed by atoms with Crippen LogP contribution in [0.5, 0.6) is 0 Å². The lowest BCUT2D eigenvalue weighted by molar-refractivity contribution is -0.128. The van der Waals surface area contributed by atoms with Gasteiger partial charge in [0.25, 0.3) is 0 Å². The summed E-state index contributed by atoms with van der Waals surface area (Å²) in [5.74, 6) is 0.310. The topological polar surface area (TPSA) is 58.2 Å². The number of carbonyl (C=O) groups is 2. The number of rotatable bonds is 6. The Morgan fingerprint density at radius 3 is 2.00 bits per heavy atom. The summed E-state index contributed by atoms with van der Waals surface area (Å²) in [7, 11) is 0. The minimum atomic E-state index is -0.500. The third kappa shape index (κ3) is 6.66. The highest BCUT2D eigenvalue weighted by Gasteiger charge is 2.22. The number of hydrogen-bond acceptors (Lipinski definition) is 2. The van der Waals surface area contributed by atoms with E-state index in [4.69, 9.17) is 0 Å². The van der Waals surface area contributed by atoms with Gasteiger partial charge in [-0.1, -0.05) is 43.6 Å². The summed E-state index contributed by atoms with van der Waals surface area (Å²) in [5, 5.41) is 5.47. The van der Waals surface area contributed by atoms with E-state index in [0.29, 0.717) is 12.5 Å². The molecule has 0 spiro atoms. The molecule has 0 aliphatic rings. The van der Waals surface area contributed by atoms with Crippen LogP contribution in [0.3, 0.4) is 0 Å². The number of amides is 2. The van der Waals surface area contributed by atoms with Gasteiger partial charge < -0.3 is 10.6 Å². The summed E-state index contributed by atoms with van der Waals surface area (Å²) in [6.07, 6.45) is 0. The second-order valence-corrected chi connectivity index (χ2v) is 6.00. The van der Waals surface area contributed by atoms with Crippen molar-refractivity contribution in [2.45, 2.75) is 45.5 Å². The third-order valence-electron chi connectivity index (χ3n) is 2.27. The maximum atomic E-state index is 11.7. The van der Waals surface area contributed by atoms with Crippen molar-refractivity contribution in [2.24, 2.45) is 11.8 Å². The SMILES string of the molecule is CC(C)CNC(=O)C(C)NC(=O)C(Br)C(C)C. The van der Waals surface area contributed by atoms with E-state index < -0.39 is 6.04 Å². The molecule has 2 amide bonds. The molecule has 0 bridgehead atoms. The van der Waals surface area contributed by atoms with E-state index >= 15 is 0 Å². The summed E-state index contributed by atoms with van der Waals surface area (Å²) in [4.78, 5) is 23.1. The molecule has 0 rings (SSSR count). The predicted molar refractivity (Wildman–Crippen MR) is 73.0 cm³/mol. The molecular formula is C12H23BrN2O2. The normalized spacial score (nSPS) is 14.6. The van der Waals surface area contributed by atoms with Crippen LogP contribution in [0.25, 0.3) is 0 Å². The average Bonchev–Trinajstić information content (AvgIpc) is 2.24. The van der Waals surface area contributed by atoms with Crippen LogP contribution in [0.15, 0.2) is 0 Å². The van der Waals surface area contributed by atoms with Crippen molar-refractivity contribution < 1.29 is 9.59 Å². The molecule has 0 heterocycles. The summed E-state index contributed by atoms with van der Waals surface area (Å²) in [6, 6.07) is -0.500. The van der Waals surface area contributed by atoms with Gasteiger partial charge in [0.05, 0.1) is 4.83 Å². The van der Waals surface area contributed by atoms with Gasteiger partial charge in [0.1, 0.15) is 6.04 Å². The van der Waals surface area contributed by atoms with Crippen molar-refractivity contribution in [2.75, 3.05) is 6.54 Å². The quantitative estimate of drug-likeness (QED) is 0.734. The van der Waals surface area contributed by atoms with Crippen LogP contribution in [0.4, 0.5) is 0 Å². The number of alkyl halides is 1. The fraction of sp³-hybridized carbons (Fsp3) is 0.833. The van der Waals surface area contributed by atoms with Gasteiger partial charge in [-0.25, -0.2) is 0 Å². The fourth-order valence-corrected chi connectivity index (χ4v) is 1.25. The molecular weight excluding hydrogens is 284 g/mol. The van der Waals surface area contributed by atoms with Crippen molar-refractivity contribution in [3.63, 3.8) is 0 Å². The van der Waals surface area contributed by atoms with Crippen LogP contribution in [0.2, 0.25) is 0 Å². The minimum Gasteiger partial charge on any atom is -0.354 e. The molecule has 5 heteroatoms. The molecule has 2 atom stereocenters. The lowest BCUT2D eigenvalue weighted by Gasteiger charge is -2.18. The highest BCUT2D eigenvalue weighted by molar-refractivity contribution is 9.10. The zero-order valence-electron chi connectivity index (χ0n) is 11.2. The van der Waals surface area contributed by atoms with E-state index in [1.54, 1.807) is 6.92 Å². The van der Waals surface area contributed by atoms with Gasteiger partial charge in [0.15, 0.2) is 0 Å². The Hall–Kier alpha value is -0.580. The van der Waals surface area contributed by atoms with Crippen LogP contribution < -0.4 is 10.6 Å². The van der Waals surface area contributed by atoms with Crippen molar-refractivity contribution in [1.29, 1.82) is 0 Å². The molecule has 100 valence electrons. The van der Waals surface area contributed by atoms with Crippen LogP contribution in [0, 0.1) is 11.8 Å².